The molecule has 0 spiro atoms. The van der Waals surface area contributed by atoms with E-state index in [2.05, 4.69) is 217 Å². The van der Waals surface area contributed by atoms with Gasteiger partial charge in [-0.2, -0.15) is 0 Å². The van der Waals surface area contributed by atoms with Crippen molar-refractivity contribution in [3.63, 3.8) is 0 Å². The van der Waals surface area contributed by atoms with Gasteiger partial charge < -0.3 is 0 Å². The molecular formula is C50H88P2Si2. The Morgan fingerprint density at radius 3 is 0.630 bits per heavy atom. The molecule has 0 saturated heterocycles. The van der Waals surface area contributed by atoms with Crippen LogP contribution in [0, 0.1) is 0 Å². The standard InChI is InChI=1S/C50H88P2Si2/c1-43(2,3)33-29-35(45(7,8)9)39(36(30-33)46(10,11)12)51-41(53(25,26)49(19,20)21)42(54(27,28)50(22,23)24)52(51)40-37(47(13,14)15)31-34(44(4,5)6)32-38(40)48(16,17)18/h29-32H,1-28H3. The van der Waals surface area contributed by atoms with Crippen molar-refractivity contribution in [1.29, 1.82) is 0 Å². The van der Waals surface area contributed by atoms with Crippen molar-refractivity contribution in [3.05, 3.63) is 57.6 Å². The van der Waals surface area contributed by atoms with Gasteiger partial charge in [0, 0.05) is 10.6 Å². The van der Waals surface area contributed by atoms with Gasteiger partial charge in [-0.05, 0) is 85.8 Å². The van der Waals surface area contributed by atoms with Gasteiger partial charge in [0.05, 0.1) is 16.1 Å². The Morgan fingerprint density at radius 2 is 0.500 bits per heavy atom. The highest BCUT2D eigenvalue weighted by molar-refractivity contribution is 8.22. The molecule has 0 saturated carbocycles. The van der Waals surface area contributed by atoms with Crippen molar-refractivity contribution < 1.29 is 0 Å². The summed E-state index contributed by atoms with van der Waals surface area (Å²) in [6.45, 7) is 71.2. The molecule has 3 rings (SSSR count). The highest BCUT2D eigenvalue weighted by Gasteiger charge is 2.53. The summed E-state index contributed by atoms with van der Waals surface area (Å²) < 4.78 is 0. The van der Waals surface area contributed by atoms with Crippen molar-refractivity contribution in [2.75, 3.05) is 0 Å². The molecule has 3 aromatic rings. The molecule has 0 N–H and O–H groups in total. The molecule has 0 aliphatic heterocycles. The van der Waals surface area contributed by atoms with Crippen LogP contribution >= 0.6 is 14.4 Å². The van der Waals surface area contributed by atoms with E-state index in [4.69, 9.17) is 0 Å². The second-order valence-electron chi connectivity index (χ2n) is 26.4. The molecule has 1 heterocycles. The van der Waals surface area contributed by atoms with E-state index in [9.17, 15) is 0 Å². The van der Waals surface area contributed by atoms with Crippen LogP contribution in [0.2, 0.25) is 36.3 Å². The van der Waals surface area contributed by atoms with Gasteiger partial charge in [-0.25, -0.2) is 0 Å². The molecule has 0 aliphatic carbocycles. The average molecular weight is 807 g/mol. The molecule has 0 aliphatic rings. The van der Waals surface area contributed by atoms with Crippen LogP contribution in [0.15, 0.2) is 24.3 Å². The van der Waals surface area contributed by atoms with Gasteiger partial charge in [-0.1, -0.05) is 231 Å². The third-order valence-electron chi connectivity index (χ3n) is 13.4. The summed E-state index contributed by atoms with van der Waals surface area (Å²) in [5.74, 6) is 0. The summed E-state index contributed by atoms with van der Waals surface area (Å²) in [6, 6.07) is 10.7. The summed E-state index contributed by atoms with van der Waals surface area (Å²) in [4.78, 5) is 3.98. The molecule has 0 amide bonds. The maximum Gasteiger partial charge on any atom is 0.0921 e. The monoisotopic (exact) mass is 807 g/mol. The first-order valence-electron chi connectivity index (χ1n) is 21.2. The molecule has 2 unspecified atom stereocenters. The van der Waals surface area contributed by atoms with Crippen LogP contribution in [0.5, 0.6) is 0 Å². The molecule has 2 atom stereocenters. The van der Waals surface area contributed by atoms with Crippen molar-refractivity contribution in [2.45, 2.75) is 235 Å². The van der Waals surface area contributed by atoms with E-state index in [1.54, 1.807) is 32.9 Å². The maximum absolute atomic E-state index is 2.77. The van der Waals surface area contributed by atoms with Gasteiger partial charge in [0.25, 0.3) is 0 Å². The highest BCUT2D eigenvalue weighted by Crippen LogP contribution is 2.72. The molecule has 1 aromatic heterocycles. The van der Waals surface area contributed by atoms with Gasteiger partial charge in [-0.3, -0.25) is 0 Å². The molecule has 0 fully saturated rings. The van der Waals surface area contributed by atoms with Crippen LogP contribution in [0.4, 0.5) is 0 Å². The number of hydrogen-bond donors (Lipinski definition) is 0. The Hall–Kier alpha value is -0.786. The predicted octanol–water partition coefficient (Wildman–Crippen LogP) is 16.9. The Morgan fingerprint density at radius 1 is 0.315 bits per heavy atom. The lowest BCUT2D eigenvalue weighted by Gasteiger charge is -2.52. The van der Waals surface area contributed by atoms with Crippen LogP contribution in [0.25, 0.3) is 10.6 Å². The smallest absolute Gasteiger partial charge is 0.0686 e. The predicted molar refractivity (Wildman–Crippen MR) is 260 cm³/mol. The second-order valence-corrected chi connectivity index (χ2v) is 43.2. The number of rotatable bonds is 4. The van der Waals surface area contributed by atoms with Gasteiger partial charge in [0.15, 0.2) is 0 Å². The van der Waals surface area contributed by atoms with Crippen molar-refractivity contribution in [1.82, 2.24) is 0 Å². The Balaban J connectivity index is 3.10. The molecule has 4 heteroatoms. The normalized spacial score (nSPS) is 15.7. The lowest BCUT2D eigenvalue weighted by molar-refractivity contribution is 0.551. The fraction of sp³-hybridized carbons (Fsp3) is 0.720. The molecular weight excluding hydrogens is 719 g/mol. The van der Waals surface area contributed by atoms with E-state index in [1.807, 2.05) is 9.84 Å². The molecule has 0 radical (unpaired) electrons. The van der Waals surface area contributed by atoms with Gasteiger partial charge in [-0.15, -0.1) is 0 Å². The summed E-state index contributed by atoms with van der Waals surface area (Å²) in [7, 11) is -5.31. The van der Waals surface area contributed by atoms with Gasteiger partial charge in [0.1, 0.15) is 0 Å². The zero-order valence-electron chi connectivity index (χ0n) is 41.2. The summed E-state index contributed by atoms with van der Waals surface area (Å²) in [6.07, 6.45) is 0. The summed E-state index contributed by atoms with van der Waals surface area (Å²) >= 11 is 0. The largest absolute Gasteiger partial charge is 0.0921 e. The van der Waals surface area contributed by atoms with Crippen molar-refractivity contribution in [2.24, 2.45) is 0 Å². The quantitative estimate of drug-likeness (QED) is 0.230. The SMILES string of the molecule is CC(C)(C)c1cc(C(C)(C)C)c(-p2c([Si](C)(C)C(C)(C)C)c([Si](C)(C)C(C)(C)C)p2-c2c(C(C)(C)C)cc(C(C)(C)C)cc2C(C)(C)C)c(C(C)(C)C)c1. The minimum absolute atomic E-state index is 0.0149. The van der Waals surface area contributed by atoms with Gasteiger partial charge >= 0.3 is 0 Å². The van der Waals surface area contributed by atoms with E-state index < -0.39 is 30.6 Å². The summed E-state index contributed by atoms with van der Waals surface area (Å²) in [5, 5.41) is 3.99. The first-order valence-corrected chi connectivity index (χ1v) is 30.5. The fourth-order valence-electron chi connectivity index (χ4n) is 7.49. The van der Waals surface area contributed by atoms with Crippen LogP contribution in [0.3, 0.4) is 0 Å². The minimum Gasteiger partial charge on any atom is -0.0686 e. The summed E-state index contributed by atoms with van der Waals surface area (Å²) in [5.41, 5.74) is 9.64. The van der Waals surface area contributed by atoms with Gasteiger partial charge in [0.2, 0.25) is 0 Å². The molecule has 2 aromatic carbocycles. The highest BCUT2D eigenvalue weighted by atomic mass is 31.9. The van der Waals surface area contributed by atoms with Crippen molar-refractivity contribution >= 4 is 40.4 Å². The Labute approximate surface area is 341 Å². The topological polar surface area (TPSA) is 0 Å². The first kappa shape index (κ1) is 47.6. The fourth-order valence-corrected chi connectivity index (χ4v) is 36.5. The zero-order chi connectivity index (χ0) is 42.8. The first-order chi connectivity index (χ1) is 23.4. The molecule has 0 nitrogen and oxygen atoms in total. The van der Waals surface area contributed by atoms with E-state index in [0.717, 1.165) is 0 Å². The Bertz CT molecular complexity index is 1640. The van der Waals surface area contributed by atoms with Crippen LogP contribution in [-0.2, 0) is 32.5 Å². The number of benzene rings is 2. The maximum atomic E-state index is 2.77. The van der Waals surface area contributed by atoms with Crippen LogP contribution < -0.4 is 9.84 Å². The van der Waals surface area contributed by atoms with E-state index in [0.29, 0.717) is 0 Å². The van der Waals surface area contributed by atoms with E-state index in [-0.39, 0.29) is 42.6 Å². The lowest BCUT2D eigenvalue weighted by atomic mass is 9.75. The molecule has 306 valence electrons. The Kier molecular flexibility index (Phi) is 12.3. The van der Waals surface area contributed by atoms with Crippen molar-refractivity contribution in [3.8, 4) is 10.6 Å². The third kappa shape index (κ3) is 8.79. The van der Waals surface area contributed by atoms with Crippen LogP contribution in [0.1, 0.15) is 200 Å². The molecule has 0 bridgehead atoms. The third-order valence-corrected chi connectivity index (χ3v) is 37.5. The lowest BCUT2D eigenvalue weighted by Crippen LogP contribution is -2.65. The molecule has 54 heavy (non-hydrogen) atoms. The average Bonchev–Trinajstić information content (AvgIpc) is 2.87. The zero-order valence-corrected chi connectivity index (χ0v) is 45.0. The second kappa shape index (κ2) is 13.9. The van der Waals surface area contributed by atoms with E-state index >= 15 is 0 Å². The van der Waals surface area contributed by atoms with E-state index in [1.165, 1.54) is 11.1 Å². The number of hydrogen-bond acceptors (Lipinski definition) is 0. The van der Waals surface area contributed by atoms with Crippen LogP contribution in [-0.4, -0.2) is 16.1 Å². The minimum atomic E-state index is -2.02.